The van der Waals surface area contributed by atoms with Crippen molar-refractivity contribution in [2.24, 2.45) is 0 Å². The number of halogens is 2. The largest absolute Gasteiger partial charge is 0.326 e. The molecule has 0 aliphatic rings. The van der Waals surface area contributed by atoms with Gasteiger partial charge in [0.05, 0.1) is 16.4 Å². The Hall–Kier alpha value is -3.25. The zero-order valence-electron chi connectivity index (χ0n) is 14.3. The van der Waals surface area contributed by atoms with Gasteiger partial charge in [0, 0.05) is 29.1 Å². The quantitative estimate of drug-likeness (QED) is 0.523. The molecule has 0 spiro atoms. The van der Waals surface area contributed by atoms with Crippen LogP contribution in [0.5, 0.6) is 0 Å². The summed E-state index contributed by atoms with van der Waals surface area (Å²) in [4.78, 5) is 15.7. The van der Waals surface area contributed by atoms with Crippen LogP contribution in [0.3, 0.4) is 0 Å². The number of fused-ring (bicyclic) bond motifs is 1. The average Bonchev–Trinajstić information content (AvgIpc) is 3.07. The molecule has 134 valence electrons. The topological polar surface area (TPSA) is 70.7 Å². The first-order valence-electron chi connectivity index (χ1n) is 8.20. The van der Waals surface area contributed by atoms with E-state index in [0.717, 1.165) is 22.3 Å². The number of rotatable bonds is 3. The summed E-state index contributed by atoms with van der Waals surface area (Å²) in [6, 6.07) is 15.8. The van der Waals surface area contributed by atoms with Crippen LogP contribution in [0.1, 0.15) is 6.92 Å². The van der Waals surface area contributed by atoms with Crippen molar-refractivity contribution in [1.82, 2.24) is 15.2 Å². The molecule has 2 aromatic carbocycles. The Morgan fingerprint density at radius 1 is 1.07 bits per heavy atom. The van der Waals surface area contributed by atoms with Crippen molar-refractivity contribution in [3.05, 3.63) is 65.4 Å². The van der Waals surface area contributed by atoms with E-state index in [1.54, 1.807) is 6.07 Å². The standard InChI is InChI=1S/C20H14ClFN4O/c1-11(27)23-14-5-2-12(3-6-14)18-9-7-15-19(25-26-20(15)24-18)13-4-8-16(21)17(22)10-13/h2-10H,1H3,(H,23,27)(H,24,25,26). The molecule has 1 amide bonds. The summed E-state index contributed by atoms with van der Waals surface area (Å²) in [5, 5.41) is 10.7. The Morgan fingerprint density at radius 3 is 2.52 bits per heavy atom. The fourth-order valence-corrected chi connectivity index (χ4v) is 2.98. The molecule has 2 aromatic heterocycles. The normalized spacial score (nSPS) is 10.9. The summed E-state index contributed by atoms with van der Waals surface area (Å²) in [5.41, 5.74) is 4.22. The highest BCUT2D eigenvalue weighted by Gasteiger charge is 2.12. The summed E-state index contributed by atoms with van der Waals surface area (Å²) >= 11 is 5.75. The molecular weight excluding hydrogens is 367 g/mol. The van der Waals surface area contributed by atoms with Gasteiger partial charge in [0.1, 0.15) is 5.82 Å². The maximum Gasteiger partial charge on any atom is 0.221 e. The molecule has 0 unspecified atom stereocenters. The number of aromatic nitrogens is 3. The van der Waals surface area contributed by atoms with Gasteiger partial charge in [-0.1, -0.05) is 29.8 Å². The van der Waals surface area contributed by atoms with Crippen LogP contribution in [0.2, 0.25) is 5.02 Å². The first-order chi connectivity index (χ1) is 13.0. The Balaban J connectivity index is 1.69. The minimum Gasteiger partial charge on any atom is -0.326 e. The second kappa shape index (κ2) is 6.81. The van der Waals surface area contributed by atoms with Gasteiger partial charge in [0.25, 0.3) is 0 Å². The third kappa shape index (κ3) is 3.39. The lowest BCUT2D eigenvalue weighted by molar-refractivity contribution is -0.114. The molecule has 0 bridgehead atoms. The number of carbonyl (C=O) groups excluding carboxylic acids is 1. The third-order valence-corrected chi connectivity index (χ3v) is 4.43. The van der Waals surface area contributed by atoms with E-state index in [-0.39, 0.29) is 10.9 Å². The van der Waals surface area contributed by atoms with Crippen LogP contribution in [0, 0.1) is 5.82 Å². The highest BCUT2D eigenvalue weighted by Crippen LogP contribution is 2.30. The Morgan fingerprint density at radius 2 is 1.81 bits per heavy atom. The van der Waals surface area contributed by atoms with E-state index in [4.69, 9.17) is 11.6 Å². The lowest BCUT2D eigenvalue weighted by atomic mass is 10.1. The summed E-state index contributed by atoms with van der Waals surface area (Å²) < 4.78 is 13.8. The fraction of sp³-hybridized carbons (Fsp3) is 0.0500. The molecular formula is C20H14ClFN4O. The molecule has 0 fully saturated rings. The van der Waals surface area contributed by atoms with Gasteiger partial charge in [-0.25, -0.2) is 9.37 Å². The van der Waals surface area contributed by atoms with Gasteiger partial charge in [0.15, 0.2) is 5.65 Å². The van der Waals surface area contributed by atoms with Crippen molar-refractivity contribution >= 4 is 34.2 Å². The molecule has 0 radical (unpaired) electrons. The molecule has 0 atom stereocenters. The Labute approximate surface area is 159 Å². The number of anilines is 1. The van der Waals surface area contributed by atoms with Crippen LogP contribution >= 0.6 is 11.6 Å². The van der Waals surface area contributed by atoms with Crippen LogP contribution in [-0.4, -0.2) is 21.1 Å². The molecule has 0 aliphatic heterocycles. The molecule has 0 saturated carbocycles. The van der Waals surface area contributed by atoms with E-state index in [9.17, 15) is 9.18 Å². The Bertz CT molecular complexity index is 1150. The second-order valence-corrected chi connectivity index (χ2v) is 6.46. The first kappa shape index (κ1) is 17.2. The number of hydrogen-bond donors (Lipinski definition) is 2. The SMILES string of the molecule is CC(=O)Nc1ccc(-c2ccc3c(-c4ccc(Cl)c(F)c4)[nH]nc3n2)cc1. The van der Waals surface area contributed by atoms with E-state index >= 15 is 0 Å². The number of benzene rings is 2. The molecule has 0 aliphatic carbocycles. The van der Waals surface area contributed by atoms with Crippen molar-refractivity contribution in [2.45, 2.75) is 6.92 Å². The number of aromatic amines is 1. The van der Waals surface area contributed by atoms with E-state index in [0.29, 0.717) is 16.9 Å². The average molecular weight is 381 g/mol. The van der Waals surface area contributed by atoms with Gasteiger partial charge in [-0.2, -0.15) is 5.10 Å². The number of amides is 1. The highest BCUT2D eigenvalue weighted by molar-refractivity contribution is 6.30. The van der Waals surface area contributed by atoms with E-state index in [1.165, 1.54) is 19.1 Å². The van der Waals surface area contributed by atoms with Crippen molar-refractivity contribution in [1.29, 1.82) is 0 Å². The van der Waals surface area contributed by atoms with E-state index in [1.807, 2.05) is 36.4 Å². The monoisotopic (exact) mass is 380 g/mol. The lowest BCUT2D eigenvalue weighted by Crippen LogP contribution is -2.05. The van der Waals surface area contributed by atoms with Gasteiger partial charge >= 0.3 is 0 Å². The summed E-state index contributed by atoms with van der Waals surface area (Å²) in [6.07, 6.45) is 0. The highest BCUT2D eigenvalue weighted by atomic mass is 35.5. The van der Waals surface area contributed by atoms with Crippen LogP contribution in [0.15, 0.2) is 54.6 Å². The van der Waals surface area contributed by atoms with Gasteiger partial charge in [-0.3, -0.25) is 9.89 Å². The molecule has 2 heterocycles. The van der Waals surface area contributed by atoms with E-state index < -0.39 is 5.82 Å². The van der Waals surface area contributed by atoms with Gasteiger partial charge in [0.2, 0.25) is 5.91 Å². The number of nitrogens with zero attached hydrogens (tertiary/aromatic N) is 2. The molecule has 2 N–H and O–H groups in total. The number of carbonyl (C=O) groups is 1. The smallest absolute Gasteiger partial charge is 0.221 e. The lowest BCUT2D eigenvalue weighted by Gasteiger charge is -2.05. The zero-order chi connectivity index (χ0) is 19.0. The maximum absolute atomic E-state index is 13.8. The second-order valence-electron chi connectivity index (χ2n) is 6.05. The van der Waals surface area contributed by atoms with Crippen molar-refractivity contribution in [3.8, 4) is 22.5 Å². The summed E-state index contributed by atoms with van der Waals surface area (Å²) in [7, 11) is 0. The van der Waals surface area contributed by atoms with Crippen molar-refractivity contribution < 1.29 is 9.18 Å². The van der Waals surface area contributed by atoms with Crippen LogP contribution < -0.4 is 5.32 Å². The van der Waals surface area contributed by atoms with E-state index in [2.05, 4.69) is 20.5 Å². The minimum absolute atomic E-state index is 0.0747. The van der Waals surface area contributed by atoms with Crippen LogP contribution in [-0.2, 0) is 4.79 Å². The van der Waals surface area contributed by atoms with Gasteiger partial charge in [-0.05, 0) is 36.4 Å². The summed E-state index contributed by atoms with van der Waals surface area (Å²) in [5.74, 6) is -0.606. The first-order valence-corrected chi connectivity index (χ1v) is 8.57. The Kier molecular flexibility index (Phi) is 4.33. The van der Waals surface area contributed by atoms with Crippen LogP contribution in [0.4, 0.5) is 10.1 Å². The molecule has 0 saturated heterocycles. The van der Waals surface area contributed by atoms with Gasteiger partial charge < -0.3 is 5.32 Å². The fourth-order valence-electron chi connectivity index (χ4n) is 2.86. The number of nitrogens with one attached hydrogen (secondary N) is 2. The van der Waals surface area contributed by atoms with Crippen molar-refractivity contribution in [3.63, 3.8) is 0 Å². The zero-order valence-corrected chi connectivity index (χ0v) is 15.0. The summed E-state index contributed by atoms with van der Waals surface area (Å²) in [6.45, 7) is 1.46. The van der Waals surface area contributed by atoms with Crippen molar-refractivity contribution in [2.75, 3.05) is 5.32 Å². The van der Waals surface area contributed by atoms with Gasteiger partial charge in [-0.15, -0.1) is 0 Å². The number of hydrogen-bond acceptors (Lipinski definition) is 3. The minimum atomic E-state index is -0.485. The molecule has 5 nitrogen and oxygen atoms in total. The maximum atomic E-state index is 13.8. The van der Waals surface area contributed by atoms with Crippen LogP contribution in [0.25, 0.3) is 33.5 Å². The predicted molar refractivity (Wildman–Crippen MR) is 104 cm³/mol. The molecule has 27 heavy (non-hydrogen) atoms. The third-order valence-electron chi connectivity index (χ3n) is 4.13. The number of H-pyrrole nitrogens is 1. The molecule has 4 rings (SSSR count). The molecule has 4 aromatic rings. The predicted octanol–water partition coefficient (Wildman–Crippen LogP) is 5.04. The molecule has 7 heteroatoms. The number of pyridine rings is 1.